The Morgan fingerprint density at radius 1 is 0.973 bits per heavy atom. The minimum absolute atomic E-state index is 0.107. The van der Waals surface area contributed by atoms with E-state index in [9.17, 15) is 27.2 Å². The summed E-state index contributed by atoms with van der Waals surface area (Å²) >= 11 is 0. The number of para-hydroxylation sites is 1. The number of rotatable bonds is 7. The lowest BCUT2D eigenvalue weighted by molar-refractivity contribution is 0.0996. The molecule has 0 saturated heterocycles. The van der Waals surface area contributed by atoms with E-state index in [1.807, 2.05) is 0 Å². The van der Waals surface area contributed by atoms with Gasteiger partial charge in [0, 0.05) is 11.1 Å². The number of benzene rings is 3. The van der Waals surface area contributed by atoms with E-state index in [4.69, 9.17) is 5.73 Å². The average molecular weight is 513 g/mol. The van der Waals surface area contributed by atoms with Gasteiger partial charge in [0.25, 0.3) is 11.8 Å². The summed E-state index contributed by atoms with van der Waals surface area (Å²) in [6.45, 7) is 1.78. The van der Waals surface area contributed by atoms with Crippen molar-refractivity contribution in [3.63, 3.8) is 0 Å². The van der Waals surface area contributed by atoms with Crippen molar-refractivity contribution in [2.24, 2.45) is 5.73 Å². The lowest BCUT2D eigenvalue weighted by atomic mass is 10.1. The zero-order valence-corrected chi connectivity index (χ0v) is 19.4. The zero-order chi connectivity index (χ0) is 26.9. The molecule has 4 rings (SSSR count). The Balaban J connectivity index is 1.60. The Labute approximate surface area is 207 Å². The van der Waals surface area contributed by atoms with Crippen molar-refractivity contribution in [3.05, 3.63) is 88.8 Å². The number of methoxy groups -OCH3 is 1. The van der Waals surface area contributed by atoms with Crippen LogP contribution in [0.3, 0.4) is 0 Å². The molecule has 2 amide bonds. The number of nitrogens with one attached hydrogen (secondary N) is 2. The summed E-state index contributed by atoms with van der Waals surface area (Å²) < 4.78 is 61.0. The summed E-state index contributed by atoms with van der Waals surface area (Å²) in [6.07, 6.45) is 1.27. The number of carbonyl (C=O) groups excluding carboxylic acids is 2. The van der Waals surface area contributed by atoms with Crippen LogP contribution in [0, 0.1) is 23.3 Å². The molecule has 4 aromatic rings. The third kappa shape index (κ3) is 4.73. The number of carbonyl (C=O) groups is 2. The molecule has 0 spiro atoms. The maximum atomic E-state index is 14.3. The van der Waals surface area contributed by atoms with Gasteiger partial charge in [0.1, 0.15) is 17.7 Å². The Hall–Kier alpha value is -4.74. The first-order chi connectivity index (χ1) is 17.6. The fourth-order valence-electron chi connectivity index (χ4n) is 3.76. The van der Waals surface area contributed by atoms with Gasteiger partial charge in [-0.05, 0) is 36.8 Å². The van der Waals surface area contributed by atoms with Gasteiger partial charge in [-0.3, -0.25) is 9.59 Å². The van der Waals surface area contributed by atoms with Crippen LogP contribution in [0.25, 0.3) is 10.9 Å². The smallest absolute Gasteiger partial charge is 0.261 e. The van der Waals surface area contributed by atoms with Crippen LogP contribution in [0.15, 0.2) is 48.8 Å². The van der Waals surface area contributed by atoms with E-state index < -0.39 is 52.4 Å². The minimum Gasteiger partial charge on any atom is -0.491 e. The van der Waals surface area contributed by atoms with Crippen molar-refractivity contribution in [3.8, 4) is 5.75 Å². The fourth-order valence-corrected chi connectivity index (χ4v) is 3.76. The molecule has 3 aromatic carbocycles. The van der Waals surface area contributed by atoms with E-state index in [0.29, 0.717) is 22.3 Å². The van der Waals surface area contributed by atoms with Gasteiger partial charge in [-0.2, -0.15) is 8.78 Å². The van der Waals surface area contributed by atoms with E-state index in [0.717, 1.165) is 7.11 Å². The highest BCUT2D eigenvalue weighted by molar-refractivity contribution is 6.07. The van der Waals surface area contributed by atoms with E-state index in [2.05, 4.69) is 25.3 Å². The van der Waals surface area contributed by atoms with Crippen LogP contribution in [0.2, 0.25) is 0 Å². The van der Waals surface area contributed by atoms with Gasteiger partial charge in [-0.15, -0.1) is 0 Å². The SMILES string of the molecule is COc1c(F)c(F)c(C(=O)Nc2cccc([C@@H](C)Nc3ncnc4c(C(N)=O)cccc34)c2)c(F)c1F. The summed E-state index contributed by atoms with van der Waals surface area (Å²) in [5.74, 6) is -10.3. The van der Waals surface area contributed by atoms with E-state index in [1.54, 1.807) is 37.3 Å². The van der Waals surface area contributed by atoms with Crippen molar-refractivity contribution in [2.75, 3.05) is 17.7 Å². The Morgan fingerprint density at radius 3 is 2.30 bits per heavy atom. The Kier molecular flexibility index (Phi) is 6.92. The zero-order valence-electron chi connectivity index (χ0n) is 19.4. The number of anilines is 2. The predicted molar refractivity (Wildman–Crippen MR) is 127 cm³/mol. The second-order valence-corrected chi connectivity index (χ2v) is 7.90. The van der Waals surface area contributed by atoms with Crippen molar-refractivity contribution in [1.29, 1.82) is 0 Å². The number of nitrogens with two attached hydrogens (primary N) is 1. The fraction of sp³-hybridized carbons (Fsp3) is 0.120. The Morgan fingerprint density at radius 2 is 1.65 bits per heavy atom. The molecular formula is C25H19F4N5O3. The molecule has 4 N–H and O–H groups in total. The second kappa shape index (κ2) is 10.1. The van der Waals surface area contributed by atoms with Crippen LogP contribution in [0.1, 0.15) is 39.2 Å². The van der Waals surface area contributed by atoms with Crippen LogP contribution in [-0.2, 0) is 0 Å². The maximum Gasteiger partial charge on any atom is 0.261 e. The summed E-state index contributed by atoms with van der Waals surface area (Å²) in [6, 6.07) is 10.7. The number of primary amides is 1. The number of hydrogen-bond acceptors (Lipinski definition) is 6. The molecule has 0 fully saturated rings. The summed E-state index contributed by atoms with van der Waals surface area (Å²) in [4.78, 5) is 32.6. The van der Waals surface area contributed by atoms with Crippen LogP contribution < -0.4 is 21.1 Å². The van der Waals surface area contributed by atoms with Crippen LogP contribution in [0.5, 0.6) is 5.75 Å². The van der Waals surface area contributed by atoms with Gasteiger partial charge in [-0.1, -0.05) is 18.2 Å². The van der Waals surface area contributed by atoms with E-state index in [1.165, 1.54) is 18.5 Å². The molecule has 0 saturated carbocycles. The summed E-state index contributed by atoms with van der Waals surface area (Å²) in [5.41, 5.74) is 5.31. The highest BCUT2D eigenvalue weighted by atomic mass is 19.2. The third-order valence-electron chi connectivity index (χ3n) is 5.58. The number of nitrogens with zero attached hydrogens (tertiary/aromatic N) is 2. The minimum atomic E-state index is -1.88. The van der Waals surface area contributed by atoms with Crippen molar-refractivity contribution >= 4 is 34.2 Å². The molecule has 0 radical (unpaired) electrons. The Bertz CT molecular complexity index is 1520. The van der Waals surface area contributed by atoms with Gasteiger partial charge < -0.3 is 21.1 Å². The van der Waals surface area contributed by atoms with Crippen LogP contribution in [-0.4, -0.2) is 28.9 Å². The van der Waals surface area contributed by atoms with Crippen molar-refractivity contribution < 1.29 is 31.9 Å². The number of ether oxygens (including phenoxy) is 1. The van der Waals surface area contributed by atoms with Crippen molar-refractivity contribution in [1.82, 2.24) is 9.97 Å². The normalized spacial score (nSPS) is 11.7. The molecule has 0 aliphatic rings. The highest BCUT2D eigenvalue weighted by Gasteiger charge is 2.30. The van der Waals surface area contributed by atoms with Gasteiger partial charge in [0.15, 0.2) is 17.4 Å². The van der Waals surface area contributed by atoms with Gasteiger partial charge in [0.05, 0.1) is 24.2 Å². The first-order valence-electron chi connectivity index (χ1n) is 10.7. The summed E-state index contributed by atoms with van der Waals surface area (Å²) in [5, 5.41) is 5.96. The monoisotopic (exact) mass is 513 g/mol. The number of amides is 2. The van der Waals surface area contributed by atoms with Gasteiger partial charge in [0.2, 0.25) is 11.6 Å². The van der Waals surface area contributed by atoms with Crippen LogP contribution in [0.4, 0.5) is 29.1 Å². The molecule has 0 bridgehead atoms. The highest BCUT2D eigenvalue weighted by Crippen LogP contribution is 2.31. The molecule has 1 aromatic heterocycles. The second-order valence-electron chi connectivity index (χ2n) is 7.90. The van der Waals surface area contributed by atoms with Crippen molar-refractivity contribution in [2.45, 2.75) is 13.0 Å². The van der Waals surface area contributed by atoms with Gasteiger partial charge >= 0.3 is 0 Å². The van der Waals surface area contributed by atoms with Gasteiger partial charge in [-0.25, -0.2) is 18.7 Å². The third-order valence-corrected chi connectivity index (χ3v) is 5.58. The first kappa shape index (κ1) is 25.4. The number of halogens is 4. The predicted octanol–water partition coefficient (Wildman–Crippen LogP) is 4.72. The summed E-state index contributed by atoms with van der Waals surface area (Å²) in [7, 11) is 0.835. The molecule has 190 valence electrons. The number of fused-ring (bicyclic) bond motifs is 1. The number of hydrogen-bond donors (Lipinski definition) is 3. The molecule has 0 unspecified atom stereocenters. The lowest BCUT2D eigenvalue weighted by Crippen LogP contribution is -2.19. The topological polar surface area (TPSA) is 119 Å². The number of aromatic nitrogens is 2. The molecule has 1 heterocycles. The molecule has 0 aliphatic carbocycles. The van der Waals surface area contributed by atoms with E-state index in [-0.39, 0.29) is 11.3 Å². The first-order valence-corrected chi connectivity index (χ1v) is 10.7. The standard InChI is InChI=1S/C25H19F4N5O3/c1-11(33-24-15-8-4-7-14(23(30)35)21(15)31-10-32-24)12-5-3-6-13(9-12)34-25(36)16-17(26)19(28)22(37-2)20(29)18(16)27/h3-11H,1-2H3,(H2,30,35)(H,34,36)(H,31,32,33)/t11-/m1/s1. The maximum absolute atomic E-state index is 14.3. The molecule has 12 heteroatoms. The lowest BCUT2D eigenvalue weighted by Gasteiger charge is -2.18. The van der Waals surface area contributed by atoms with Crippen LogP contribution >= 0.6 is 0 Å². The molecule has 0 aliphatic heterocycles. The van der Waals surface area contributed by atoms with E-state index >= 15 is 0 Å². The molecular weight excluding hydrogens is 494 g/mol. The quantitative estimate of drug-likeness (QED) is 0.243. The largest absolute Gasteiger partial charge is 0.491 e. The molecule has 1 atom stereocenters. The average Bonchev–Trinajstić information content (AvgIpc) is 2.88. The molecule has 37 heavy (non-hydrogen) atoms. The molecule has 8 nitrogen and oxygen atoms in total.